The van der Waals surface area contributed by atoms with E-state index in [4.69, 9.17) is 20.4 Å². The molecule has 0 amide bonds. The van der Waals surface area contributed by atoms with Gasteiger partial charge in [0.1, 0.15) is 11.3 Å². The van der Waals surface area contributed by atoms with Crippen LogP contribution in [-0.2, 0) is 10.3 Å². The molecule has 2 fully saturated rings. The summed E-state index contributed by atoms with van der Waals surface area (Å²) in [5.41, 5.74) is 15.9. The van der Waals surface area contributed by atoms with Crippen molar-refractivity contribution >= 4 is 29.3 Å². The number of imidazole rings is 1. The predicted molar refractivity (Wildman–Crippen MR) is 164 cm³/mol. The molecule has 6 nitrogen and oxygen atoms in total. The van der Waals surface area contributed by atoms with Crippen molar-refractivity contribution in [3.05, 3.63) is 96.1 Å². The van der Waals surface area contributed by atoms with Gasteiger partial charge in [0.15, 0.2) is 5.65 Å². The first-order valence-corrected chi connectivity index (χ1v) is 13.9. The molecule has 5 aromatic rings. The summed E-state index contributed by atoms with van der Waals surface area (Å²) in [5, 5.41) is 0. The van der Waals surface area contributed by atoms with Gasteiger partial charge in [-0.1, -0.05) is 48.5 Å². The number of aryl methyl sites for hydroxylation is 1. The molecule has 40 heavy (non-hydrogen) atoms. The summed E-state index contributed by atoms with van der Waals surface area (Å²) in [5.74, 6) is 0.897. The Kier molecular flexibility index (Phi) is 7.09. The van der Waals surface area contributed by atoms with E-state index >= 15 is 0 Å². The Morgan fingerprint density at radius 2 is 1.60 bits per heavy atom. The van der Waals surface area contributed by atoms with E-state index in [-0.39, 0.29) is 17.9 Å². The summed E-state index contributed by atoms with van der Waals surface area (Å²) in [6, 6.07) is 29.9. The van der Waals surface area contributed by atoms with Gasteiger partial charge in [-0.3, -0.25) is 4.57 Å². The molecular weight excluding hydrogens is 518 g/mol. The van der Waals surface area contributed by atoms with E-state index in [2.05, 4.69) is 101 Å². The molecule has 7 heteroatoms. The minimum absolute atomic E-state index is 0. The van der Waals surface area contributed by atoms with Crippen LogP contribution in [0.1, 0.15) is 30.4 Å². The first-order chi connectivity index (χ1) is 19.1. The average Bonchev–Trinajstić information content (AvgIpc) is 3.35. The number of ether oxygens (including phenoxy) is 1. The minimum Gasteiger partial charge on any atom is -0.378 e. The first kappa shape index (κ1) is 26.5. The van der Waals surface area contributed by atoms with Crippen molar-refractivity contribution in [3.8, 4) is 28.3 Å². The van der Waals surface area contributed by atoms with Crippen LogP contribution < -0.4 is 10.6 Å². The zero-order valence-corrected chi connectivity index (χ0v) is 23.5. The summed E-state index contributed by atoms with van der Waals surface area (Å²) in [6.45, 7) is 5.47. The van der Waals surface area contributed by atoms with Gasteiger partial charge in [0.05, 0.1) is 18.9 Å². The monoisotopic (exact) mass is 551 g/mol. The first-order valence-electron chi connectivity index (χ1n) is 13.9. The van der Waals surface area contributed by atoms with Crippen molar-refractivity contribution in [1.82, 2.24) is 14.5 Å². The molecule has 204 valence electrons. The predicted octanol–water partition coefficient (Wildman–Crippen LogP) is 6.66. The average molecular weight is 552 g/mol. The molecule has 2 N–H and O–H groups in total. The van der Waals surface area contributed by atoms with Gasteiger partial charge in [0, 0.05) is 41.1 Å². The molecule has 0 spiro atoms. The molecule has 1 aliphatic heterocycles. The molecule has 0 bridgehead atoms. The van der Waals surface area contributed by atoms with Crippen LogP contribution in [0.2, 0.25) is 0 Å². The maximum absolute atomic E-state index is 6.63. The second-order valence-electron chi connectivity index (χ2n) is 10.8. The number of nitrogens with zero attached hydrogens (tertiary/aromatic N) is 4. The Morgan fingerprint density at radius 3 is 2.33 bits per heavy atom. The number of fused-ring (bicyclic) bond motifs is 1. The van der Waals surface area contributed by atoms with Gasteiger partial charge in [-0.2, -0.15) is 0 Å². The molecule has 2 aromatic heterocycles. The topological polar surface area (TPSA) is 69.2 Å². The maximum Gasteiger partial charge on any atom is 0.165 e. The number of hydrogen-bond donors (Lipinski definition) is 1. The molecule has 0 atom stereocenters. The molecule has 0 unspecified atom stereocenters. The van der Waals surface area contributed by atoms with Crippen LogP contribution in [0.5, 0.6) is 0 Å². The van der Waals surface area contributed by atoms with Crippen LogP contribution in [0.15, 0.2) is 84.9 Å². The fourth-order valence-corrected chi connectivity index (χ4v) is 5.84. The van der Waals surface area contributed by atoms with Gasteiger partial charge in [-0.05, 0) is 73.7 Å². The molecule has 7 rings (SSSR count). The van der Waals surface area contributed by atoms with Crippen LogP contribution in [-0.4, -0.2) is 40.8 Å². The molecule has 3 aromatic carbocycles. The van der Waals surface area contributed by atoms with Crippen LogP contribution in [0.4, 0.5) is 5.69 Å². The Morgan fingerprint density at radius 1 is 0.825 bits per heavy atom. The highest BCUT2D eigenvalue weighted by molar-refractivity contribution is 5.85. The van der Waals surface area contributed by atoms with Crippen molar-refractivity contribution in [1.29, 1.82) is 0 Å². The molecular formula is C33H34ClN5O. The summed E-state index contributed by atoms with van der Waals surface area (Å²) >= 11 is 0. The number of morpholine rings is 1. The Labute approximate surface area is 241 Å². The third-order valence-electron chi connectivity index (χ3n) is 8.35. The number of aromatic nitrogens is 3. The van der Waals surface area contributed by atoms with Gasteiger partial charge in [-0.25, -0.2) is 9.97 Å². The van der Waals surface area contributed by atoms with Crippen molar-refractivity contribution in [3.63, 3.8) is 0 Å². The fourth-order valence-electron chi connectivity index (χ4n) is 5.84. The lowest BCUT2D eigenvalue weighted by atomic mass is 9.73. The summed E-state index contributed by atoms with van der Waals surface area (Å²) in [7, 11) is 0. The van der Waals surface area contributed by atoms with E-state index < -0.39 is 0 Å². The van der Waals surface area contributed by atoms with Crippen molar-refractivity contribution < 1.29 is 4.74 Å². The van der Waals surface area contributed by atoms with Gasteiger partial charge >= 0.3 is 0 Å². The van der Waals surface area contributed by atoms with Crippen molar-refractivity contribution in [2.75, 3.05) is 31.2 Å². The number of benzene rings is 3. The van der Waals surface area contributed by atoms with E-state index in [1.807, 2.05) is 0 Å². The molecule has 1 saturated heterocycles. The summed E-state index contributed by atoms with van der Waals surface area (Å²) in [6.07, 6.45) is 3.29. The van der Waals surface area contributed by atoms with Crippen LogP contribution >= 0.6 is 12.4 Å². The van der Waals surface area contributed by atoms with E-state index in [0.29, 0.717) is 0 Å². The van der Waals surface area contributed by atoms with Gasteiger partial charge < -0.3 is 15.4 Å². The Balaban J connectivity index is 0.00000289. The molecule has 1 aliphatic carbocycles. The highest BCUT2D eigenvalue weighted by atomic mass is 35.5. The largest absolute Gasteiger partial charge is 0.378 e. The smallest absolute Gasteiger partial charge is 0.165 e. The normalized spacial score (nSPS) is 16.4. The Hall–Kier alpha value is -3.71. The van der Waals surface area contributed by atoms with Crippen LogP contribution in [0, 0.1) is 6.92 Å². The molecule has 1 saturated carbocycles. The molecule has 2 aliphatic rings. The van der Waals surface area contributed by atoms with Crippen LogP contribution in [0.3, 0.4) is 0 Å². The van der Waals surface area contributed by atoms with E-state index in [1.54, 1.807) is 0 Å². The highest BCUT2D eigenvalue weighted by Gasteiger charge is 2.34. The quantitative estimate of drug-likeness (QED) is 0.264. The minimum atomic E-state index is -0.189. The number of hydrogen-bond acceptors (Lipinski definition) is 5. The number of rotatable bonds is 5. The van der Waals surface area contributed by atoms with E-state index in [9.17, 15) is 0 Å². The third kappa shape index (κ3) is 4.66. The maximum atomic E-state index is 6.63. The molecule has 3 heterocycles. The SMILES string of the molecule is Cc1ccccc1-c1nc2ccc(-c3cccc(N4CCOCC4)c3)nc2n1-c1ccc(C2(N)CCC2)cc1.Cl. The summed E-state index contributed by atoms with van der Waals surface area (Å²) in [4.78, 5) is 12.7. The number of anilines is 1. The lowest BCUT2D eigenvalue weighted by Crippen LogP contribution is -2.43. The lowest BCUT2D eigenvalue weighted by molar-refractivity contribution is 0.122. The number of nitrogens with two attached hydrogens (primary N) is 1. The second-order valence-corrected chi connectivity index (χ2v) is 10.8. The fraction of sp³-hybridized carbons (Fsp3) is 0.273. The van der Waals surface area contributed by atoms with Crippen molar-refractivity contribution in [2.24, 2.45) is 5.73 Å². The van der Waals surface area contributed by atoms with Crippen LogP contribution in [0.25, 0.3) is 39.5 Å². The lowest BCUT2D eigenvalue weighted by Gasteiger charge is -2.38. The standard InChI is InChI=1S/C33H33N5O.ClH/c1-23-6-2-3-9-28(23)31-36-30-15-14-29(24-7-4-8-27(22-24)37-18-20-39-21-19-37)35-32(30)38(31)26-12-10-25(11-13-26)33(34)16-5-17-33;/h2-4,6-15,22H,5,16-21,34H2,1H3;1H. The van der Waals surface area contributed by atoms with Crippen molar-refractivity contribution in [2.45, 2.75) is 31.7 Å². The number of pyridine rings is 1. The van der Waals surface area contributed by atoms with E-state index in [1.165, 1.54) is 23.2 Å². The second kappa shape index (κ2) is 10.7. The van der Waals surface area contributed by atoms with Gasteiger partial charge in [0.2, 0.25) is 0 Å². The molecule has 0 radical (unpaired) electrons. The zero-order chi connectivity index (χ0) is 26.4. The Bertz CT molecular complexity index is 1650. The number of halogens is 1. The zero-order valence-electron chi connectivity index (χ0n) is 22.7. The van der Waals surface area contributed by atoms with E-state index in [0.717, 1.165) is 78.6 Å². The summed E-state index contributed by atoms with van der Waals surface area (Å²) < 4.78 is 7.75. The highest BCUT2D eigenvalue weighted by Crippen LogP contribution is 2.39. The third-order valence-corrected chi connectivity index (χ3v) is 8.35. The van der Waals surface area contributed by atoms with Gasteiger partial charge in [0.25, 0.3) is 0 Å². The van der Waals surface area contributed by atoms with Gasteiger partial charge in [-0.15, -0.1) is 12.4 Å².